The van der Waals surface area contributed by atoms with E-state index in [-0.39, 0.29) is 6.10 Å². The van der Waals surface area contributed by atoms with E-state index in [4.69, 9.17) is 5.73 Å². The summed E-state index contributed by atoms with van der Waals surface area (Å²) in [5, 5.41) is 9.45. The number of aliphatic hydroxyl groups excluding tert-OH is 1. The summed E-state index contributed by atoms with van der Waals surface area (Å²) in [5.74, 6) is 0. The third kappa shape index (κ3) is 0.906. The fourth-order valence-electron chi connectivity index (χ4n) is 1.66. The van der Waals surface area contributed by atoms with Gasteiger partial charge in [-0.05, 0) is 30.0 Å². The molecule has 1 atom stereocenters. The lowest BCUT2D eigenvalue weighted by atomic mass is 10.1. The summed E-state index contributed by atoms with van der Waals surface area (Å²) < 4.78 is 0. The van der Waals surface area contributed by atoms with Gasteiger partial charge in [0.2, 0.25) is 0 Å². The van der Waals surface area contributed by atoms with Crippen LogP contribution in [-0.2, 0) is 6.42 Å². The molecular weight excluding hydrogens is 138 g/mol. The van der Waals surface area contributed by atoms with Gasteiger partial charge >= 0.3 is 0 Å². The van der Waals surface area contributed by atoms with E-state index in [1.54, 1.807) is 0 Å². The second-order valence-corrected chi connectivity index (χ2v) is 2.97. The predicted octanol–water partition coefficient (Wildman–Crippen LogP) is 1.25. The lowest BCUT2D eigenvalue weighted by molar-refractivity contribution is 0.180. The summed E-state index contributed by atoms with van der Waals surface area (Å²) in [7, 11) is 0. The van der Waals surface area contributed by atoms with Crippen molar-refractivity contribution in [1.82, 2.24) is 0 Å². The normalized spacial score (nSPS) is 21.7. The van der Waals surface area contributed by atoms with Crippen LogP contribution >= 0.6 is 0 Å². The van der Waals surface area contributed by atoms with Crippen molar-refractivity contribution in [2.75, 3.05) is 5.73 Å². The van der Waals surface area contributed by atoms with Crippen LogP contribution in [0.4, 0.5) is 5.69 Å². The van der Waals surface area contributed by atoms with Crippen LogP contribution in [0.2, 0.25) is 0 Å². The van der Waals surface area contributed by atoms with Gasteiger partial charge in [0.25, 0.3) is 0 Å². The van der Waals surface area contributed by atoms with Gasteiger partial charge in [-0.1, -0.05) is 12.1 Å². The van der Waals surface area contributed by atoms with E-state index in [9.17, 15) is 5.11 Å². The summed E-state index contributed by atoms with van der Waals surface area (Å²) in [6, 6.07) is 5.73. The number of fused-ring (bicyclic) bond motifs is 1. The molecule has 58 valence electrons. The summed E-state index contributed by atoms with van der Waals surface area (Å²) in [6.45, 7) is 0. The number of nitrogen functional groups attached to an aromatic ring is 1. The number of hydrogen-bond acceptors (Lipinski definition) is 2. The van der Waals surface area contributed by atoms with E-state index in [0.717, 1.165) is 29.7 Å². The Morgan fingerprint density at radius 3 is 3.00 bits per heavy atom. The first-order valence-corrected chi connectivity index (χ1v) is 3.84. The Morgan fingerprint density at radius 1 is 1.45 bits per heavy atom. The smallest absolute Gasteiger partial charge is 0.0796 e. The van der Waals surface area contributed by atoms with Crippen molar-refractivity contribution in [3.63, 3.8) is 0 Å². The van der Waals surface area contributed by atoms with E-state index >= 15 is 0 Å². The highest BCUT2D eigenvalue weighted by Crippen LogP contribution is 2.33. The highest BCUT2D eigenvalue weighted by molar-refractivity contribution is 5.53. The van der Waals surface area contributed by atoms with E-state index < -0.39 is 0 Å². The number of benzene rings is 1. The lowest BCUT2D eigenvalue weighted by Crippen LogP contribution is -1.93. The molecule has 0 bridgehead atoms. The van der Waals surface area contributed by atoms with E-state index in [0.29, 0.717) is 0 Å². The van der Waals surface area contributed by atoms with Crippen LogP contribution in [-0.4, -0.2) is 5.11 Å². The average Bonchev–Trinajstić information content (AvgIpc) is 2.35. The molecule has 0 fully saturated rings. The van der Waals surface area contributed by atoms with Crippen LogP contribution in [0.3, 0.4) is 0 Å². The van der Waals surface area contributed by atoms with Crippen LogP contribution in [0.15, 0.2) is 18.2 Å². The zero-order chi connectivity index (χ0) is 7.84. The maximum atomic E-state index is 9.45. The molecule has 0 saturated heterocycles. The first kappa shape index (κ1) is 6.68. The van der Waals surface area contributed by atoms with Crippen molar-refractivity contribution in [1.29, 1.82) is 0 Å². The van der Waals surface area contributed by atoms with Crippen molar-refractivity contribution < 1.29 is 5.11 Å². The molecule has 0 amide bonds. The highest BCUT2D eigenvalue weighted by atomic mass is 16.3. The van der Waals surface area contributed by atoms with Crippen LogP contribution in [0.1, 0.15) is 23.7 Å². The van der Waals surface area contributed by atoms with Gasteiger partial charge in [0.05, 0.1) is 6.10 Å². The number of aliphatic hydroxyl groups is 1. The second-order valence-electron chi connectivity index (χ2n) is 2.97. The molecular formula is C9H11NO. The topological polar surface area (TPSA) is 46.2 Å². The summed E-state index contributed by atoms with van der Waals surface area (Å²) in [6.07, 6.45) is 1.46. The number of rotatable bonds is 0. The predicted molar refractivity (Wildman–Crippen MR) is 44.1 cm³/mol. The van der Waals surface area contributed by atoms with E-state index in [1.807, 2.05) is 18.2 Å². The zero-order valence-electron chi connectivity index (χ0n) is 6.25. The Balaban J connectivity index is 2.57. The second kappa shape index (κ2) is 2.24. The molecule has 1 aliphatic carbocycles. The van der Waals surface area contributed by atoms with Crippen LogP contribution < -0.4 is 5.73 Å². The molecule has 11 heavy (non-hydrogen) atoms. The molecule has 2 nitrogen and oxygen atoms in total. The highest BCUT2D eigenvalue weighted by Gasteiger charge is 2.20. The SMILES string of the molecule is Nc1cccc2c1CC[C@H]2O. The van der Waals surface area contributed by atoms with Crippen LogP contribution in [0.25, 0.3) is 0 Å². The Morgan fingerprint density at radius 2 is 2.27 bits per heavy atom. The van der Waals surface area contributed by atoms with Gasteiger partial charge in [-0.25, -0.2) is 0 Å². The molecule has 0 spiro atoms. The van der Waals surface area contributed by atoms with Crippen molar-refractivity contribution in [2.45, 2.75) is 18.9 Å². The molecule has 3 N–H and O–H groups in total. The maximum Gasteiger partial charge on any atom is 0.0796 e. The molecule has 2 heteroatoms. The van der Waals surface area contributed by atoms with Gasteiger partial charge in [-0.15, -0.1) is 0 Å². The summed E-state index contributed by atoms with van der Waals surface area (Å²) in [4.78, 5) is 0. The monoisotopic (exact) mass is 149 g/mol. The minimum absolute atomic E-state index is 0.284. The average molecular weight is 149 g/mol. The third-order valence-corrected chi connectivity index (χ3v) is 2.28. The van der Waals surface area contributed by atoms with E-state index in [1.165, 1.54) is 0 Å². The molecule has 2 rings (SSSR count). The fourth-order valence-corrected chi connectivity index (χ4v) is 1.66. The molecule has 1 aliphatic rings. The van der Waals surface area contributed by atoms with Gasteiger partial charge in [-0.3, -0.25) is 0 Å². The van der Waals surface area contributed by atoms with Gasteiger partial charge in [0.15, 0.2) is 0 Å². The number of nitrogens with two attached hydrogens (primary N) is 1. The molecule has 0 saturated carbocycles. The van der Waals surface area contributed by atoms with Crippen LogP contribution in [0.5, 0.6) is 0 Å². The Bertz CT molecular complexity index is 283. The number of anilines is 1. The van der Waals surface area contributed by atoms with Crippen molar-refractivity contribution in [2.24, 2.45) is 0 Å². The first-order chi connectivity index (χ1) is 5.29. The van der Waals surface area contributed by atoms with Gasteiger partial charge in [-0.2, -0.15) is 0 Å². The molecule has 0 heterocycles. The molecule has 0 radical (unpaired) electrons. The van der Waals surface area contributed by atoms with Crippen molar-refractivity contribution >= 4 is 5.69 Å². The molecule has 1 aromatic rings. The standard InChI is InChI=1S/C9H11NO/c10-8-3-1-2-7-6(8)4-5-9(7)11/h1-3,9,11H,4-5,10H2/t9-/m1/s1. The Labute approximate surface area is 65.7 Å². The maximum absolute atomic E-state index is 9.45. The lowest BCUT2D eigenvalue weighted by Gasteiger charge is -2.04. The fraction of sp³-hybridized carbons (Fsp3) is 0.333. The molecule has 1 aromatic carbocycles. The minimum atomic E-state index is -0.284. The van der Waals surface area contributed by atoms with Crippen molar-refractivity contribution in [3.8, 4) is 0 Å². The Hall–Kier alpha value is -1.02. The van der Waals surface area contributed by atoms with Gasteiger partial charge < -0.3 is 10.8 Å². The van der Waals surface area contributed by atoms with Gasteiger partial charge in [0, 0.05) is 5.69 Å². The van der Waals surface area contributed by atoms with Gasteiger partial charge in [0.1, 0.15) is 0 Å². The quantitative estimate of drug-likeness (QED) is 0.545. The third-order valence-electron chi connectivity index (χ3n) is 2.28. The Kier molecular flexibility index (Phi) is 1.36. The number of hydrogen-bond donors (Lipinski definition) is 2. The molecule has 0 aliphatic heterocycles. The molecule has 0 unspecified atom stereocenters. The zero-order valence-corrected chi connectivity index (χ0v) is 6.25. The summed E-state index contributed by atoms with van der Waals surface area (Å²) >= 11 is 0. The summed E-state index contributed by atoms with van der Waals surface area (Å²) in [5.41, 5.74) is 8.70. The minimum Gasteiger partial charge on any atom is -0.398 e. The van der Waals surface area contributed by atoms with Crippen molar-refractivity contribution in [3.05, 3.63) is 29.3 Å². The largest absolute Gasteiger partial charge is 0.398 e. The first-order valence-electron chi connectivity index (χ1n) is 3.84. The molecule has 0 aromatic heterocycles. The van der Waals surface area contributed by atoms with Crippen LogP contribution in [0, 0.1) is 0 Å². The van der Waals surface area contributed by atoms with E-state index in [2.05, 4.69) is 0 Å².